The van der Waals surface area contributed by atoms with Gasteiger partial charge in [0.2, 0.25) is 0 Å². The van der Waals surface area contributed by atoms with Crippen LogP contribution in [0.3, 0.4) is 0 Å². The van der Waals surface area contributed by atoms with Crippen molar-refractivity contribution in [3.05, 3.63) is 57.0 Å². The Bertz CT molecular complexity index is 1210. The van der Waals surface area contributed by atoms with Gasteiger partial charge in [0.15, 0.2) is 0 Å². The van der Waals surface area contributed by atoms with Crippen LogP contribution in [0.2, 0.25) is 5.02 Å². The second kappa shape index (κ2) is 10.2. The predicted octanol–water partition coefficient (Wildman–Crippen LogP) is 2.64. The number of ether oxygens (including phenoxy) is 1. The van der Waals surface area contributed by atoms with Gasteiger partial charge >= 0.3 is 12.0 Å². The van der Waals surface area contributed by atoms with Gasteiger partial charge < -0.3 is 25.0 Å². The molecule has 0 aliphatic carbocycles. The third-order valence-corrected chi connectivity index (χ3v) is 5.14. The lowest BCUT2D eigenvalue weighted by molar-refractivity contribution is 0.0696. The standard InChI is InChI=1S/C21H22ClN5O5/c1-3-27(4-2)7-8-32-21-23-11-13-9-14(19(29)25-17(13)26-21)18(28)24-16-10-12(20(30)31)5-6-15(16)22/h5-6,9-11H,3-4,7-8H2,1-2H3,(H,24,28)(H,30,31)(H,23,25,26,29). The number of carboxylic acids is 1. The summed E-state index contributed by atoms with van der Waals surface area (Å²) in [5, 5.41) is 12.1. The number of nitrogens with one attached hydrogen (secondary N) is 2. The Morgan fingerprint density at radius 2 is 2.00 bits per heavy atom. The van der Waals surface area contributed by atoms with Crippen molar-refractivity contribution in [2.75, 3.05) is 31.6 Å². The number of anilines is 1. The average molecular weight is 460 g/mol. The minimum atomic E-state index is -1.17. The lowest BCUT2D eigenvalue weighted by Gasteiger charge is -2.17. The van der Waals surface area contributed by atoms with Gasteiger partial charge in [0, 0.05) is 18.1 Å². The maximum absolute atomic E-state index is 12.6. The van der Waals surface area contributed by atoms with Crippen molar-refractivity contribution in [2.45, 2.75) is 13.8 Å². The number of aromatic amines is 1. The molecule has 10 nitrogen and oxygen atoms in total. The van der Waals surface area contributed by atoms with Gasteiger partial charge in [-0.25, -0.2) is 9.78 Å². The fraction of sp³-hybridized carbons (Fsp3) is 0.286. The highest BCUT2D eigenvalue weighted by atomic mass is 35.5. The Hall–Kier alpha value is -3.50. The third-order valence-electron chi connectivity index (χ3n) is 4.81. The normalized spacial score (nSPS) is 11.0. The minimum Gasteiger partial charge on any atom is -0.478 e. The first kappa shape index (κ1) is 23.2. The van der Waals surface area contributed by atoms with Crippen LogP contribution in [-0.2, 0) is 0 Å². The second-order valence-corrected chi connectivity index (χ2v) is 7.21. The molecule has 1 amide bonds. The summed E-state index contributed by atoms with van der Waals surface area (Å²) in [6.07, 6.45) is 1.44. The van der Waals surface area contributed by atoms with Crippen molar-refractivity contribution in [3.63, 3.8) is 0 Å². The molecule has 0 aliphatic heterocycles. The number of carbonyl (C=O) groups excluding carboxylic acids is 1. The zero-order valence-electron chi connectivity index (χ0n) is 17.5. The van der Waals surface area contributed by atoms with E-state index in [1.54, 1.807) is 0 Å². The summed E-state index contributed by atoms with van der Waals surface area (Å²) in [6.45, 7) is 7.05. The van der Waals surface area contributed by atoms with Crippen LogP contribution in [0.1, 0.15) is 34.6 Å². The summed E-state index contributed by atoms with van der Waals surface area (Å²) in [5.74, 6) is -1.93. The number of hydrogen-bond acceptors (Lipinski definition) is 7. The molecule has 3 N–H and O–H groups in total. The van der Waals surface area contributed by atoms with E-state index in [0.29, 0.717) is 12.0 Å². The lowest BCUT2D eigenvalue weighted by atomic mass is 10.1. The lowest BCUT2D eigenvalue weighted by Crippen LogP contribution is -2.28. The maximum Gasteiger partial charge on any atom is 0.335 e. The molecule has 168 valence electrons. The van der Waals surface area contributed by atoms with Crippen molar-refractivity contribution in [1.82, 2.24) is 19.9 Å². The Kier molecular flexibility index (Phi) is 7.39. The third kappa shape index (κ3) is 5.40. The molecule has 32 heavy (non-hydrogen) atoms. The van der Waals surface area contributed by atoms with E-state index in [2.05, 4.69) is 39.0 Å². The number of fused-ring (bicyclic) bond motifs is 1. The molecule has 0 saturated carbocycles. The van der Waals surface area contributed by atoms with Crippen LogP contribution in [0.25, 0.3) is 11.0 Å². The smallest absolute Gasteiger partial charge is 0.335 e. The maximum atomic E-state index is 12.6. The quantitative estimate of drug-likeness (QED) is 0.444. The number of likely N-dealkylation sites (N-methyl/N-ethyl adjacent to an activating group) is 1. The van der Waals surface area contributed by atoms with E-state index in [-0.39, 0.29) is 33.5 Å². The first-order valence-electron chi connectivity index (χ1n) is 9.91. The number of nitrogens with zero attached hydrogens (tertiary/aromatic N) is 3. The van der Waals surface area contributed by atoms with Gasteiger partial charge in [0.1, 0.15) is 17.8 Å². The van der Waals surface area contributed by atoms with E-state index in [0.717, 1.165) is 19.6 Å². The number of amides is 1. The predicted molar refractivity (Wildman–Crippen MR) is 120 cm³/mol. The largest absolute Gasteiger partial charge is 0.478 e. The van der Waals surface area contributed by atoms with Crippen molar-refractivity contribution >= 4 is 40.2 Å². The highest BCUT2D eigenvalue weighted by Crippen LogP contribution is 2.24. The number of H-pyrrole nitrogens is 1. The summed E-state index contributed by atoms with van der Waals surface area (Å²) in [6, 6.07) is 5.33. The zero-order valence-corrected chi connectivity index (χ0v) is 18.3. The first-order valence-corrected chi connectivity index (χ1v) is 10.3. The molecule has 0 bridgehead atoms. The Morgan fingerprint density at radius 1 is 1.25 bits per heavy atom. The van der Waals surface area contributed by atoms with E-state index in [9.17, 15) is 14.4 Å². The summed E-state index contributed by atoms with van der Waals surface area (Å²) in [7, 11) is 0. The Labute approximate surface area is 188 Å². The number of hydrogen-bond donors (Lipinski definition) is 3. The summed E-state index contributed by atoms with van der Waals surface area (Å²) in [4.78, 5) is 49.3. The molecule has 3 aromatic rings. The fourth-order valence-electron chi connectivity index (χ4n) is 2.96. The van der Waals surface area contributed by atoms with Crippen LogP contribution in [0.15, 0.2) is 35.3 Å². The number of carboxylic acid groups (broad SMARTS) is 1. The second-order valence-electron chi connectivity index (χ2n) is 6.80. The molecule has 0 radical (unpaired) electrons. The number of carbonyl (C=O) groups is 2. The number of aromatic nitrogens is 3. The van der Waals surface area contributed by atoms with E-state index in [1.807, 2.05) is 0 Å². The number of rotatable bonds is 9. The van der Waals surface area contributed by atoms with Crippen LogP contribution in [0.4, 0.5) is 5.69 Å². The highest BCUT2D eigenvalue weighted by Gasteiger charge is 2.16. The topological polar surface area (TPSA) is 138 Å². The SMILES string of the molecule is CCN(CC)CCOc1ncc2cc(C(=O)Nc3cc(C(=O)O)ccc3Cl)c(=O)[nH]c2n1. The average Bonchev–Trinajstić information content (AvgIpc) is 2.77. The van der Waals surface area contributed by atoms with Crippen molar-refractivity contribution in [2.24, 2.45) is 0 Å². The number of pyridine rings is 1. The molecule has 1 aromatic carbocycles. The van der Waals surface area contributed by atoms with Gasteiger partial charge in [-0.1, -0.05) is 25.4 Å². The molecular weight excluding hydrogens is 438 g/mol. The van der Waals surface area contributed by atoms with Gasteiger partial charge in [-0.15, -0.1) is 0 Å². The molecular formula is C21H22ClN5O5. The molecule has 0 saturated heterocycles. The molecule has 0 unspecified atom stereocenters. The van der Waals surface area contributed by atoms with Crippen molar-refractivity contribution < 1.29 is 19.4 Å². The number of aromatic carboxylic acids is 1. The fourth-order valence-corrected chi connectivity index (χ4v) is 3.13. The molecule has 0 spiro atoms. The monoisotopic (exact) mass is 459 g/mol. The van der Waals surface area contributed by atoms with Gasteiger partial charge in [-0.2, -0.15) is 4.98 Å². The molecule has 0 fully saturated rings. The first-order chi connectivity index (χ1) is 15.3. The molecule has 0 aliphatic rings. The highest BCUT2D eigenvalue weighted by molar-refractivity contribution is 6.34. The number of halogens is 1. The summed E-state index contributed by atoms with van der Waals surface area (Å²) < 4.78 is 5.56. The van der Waals surface area contributed by atoms with Crippen LogP contribution < -0.4 is 15.6 Å². The Balaban J connectivity index is 1.79. The van der Waals surface area contributed by atoms with Crippen LogP contribution in [0.5, 0.6) is 6.01 Å². The van der Waals surface area contributed by atoms with Gasteiger partial charge in [0.25, 0.3) is 11.5 Å². The molecule has 2 aromatic heterocycles. The van der Waals surface area contributed by atoms with E-state index < -0.39 is 17.4 Å². The minimum absolute atomic E-state index is 0.0564. The van der Waals surface area contributed by atoms with E-state index in [1.165, 1.54) is 30.5 Å². The van der Waals surface area contributed by atoms with E-state index >= 15 is 0 Å². The van der Waals surface area contributed by atoms with Gasteiger partial charge in [-0.05, 0) is 37.4 Å². The van der Waals surface area contributed by atoms with Crippen LogP contribution in [-0.4, -0.2) is 63.1 Å². The summed E-state index contributed by atoms with van der Waals surface area (Å²) in [5.41, 5.74) is -0.630. The molecule has 2 heterocycles. The van der Waals surface area contributed by atoms with Crippen LogP contribution >= 0.6 is 11.6 Å². The van der Waals surface area contributed by atoms with Crippen LogP contribution in [0, 0.1) is 0 Å². The Morgan fingerprint density at radius 3 is 2.69 bits per heavy atom. The van der Waals surface area contributed by atoms with Crippen molar-refractivity contribution in [3.8, 4) is 6.01 Å². The zero-order chi connectivity index (χ0) is 23.3. The van der Waals surface area contributed by atoms with Gasteiger partial charge in [-0.3, -0.25) is 9.59 Å². The summed E-state index contributed by atoms with van der Waals surface area (Å²) >= 11 is 6.03. The van der Waals surface area contributed by atoms with Gasteiger partial charge in [0.05, 0.1) is 16.3 Å². The molecule has 11 heteroatoms. The number of benzene rings is 1. The molecule has 3 rings (SSSR count). The van der Waals surface area contributed by atoms with E-state index in [4.69, 9.17) is 21.4 Å². The van der Waals surface area contributed by atoms with Crippen molar-refractivity contribution in [1.29, 1.82) is 0 Å². The molecule has 0 atom stereocenters.